The number of esters is 1. The minimum absolute atomic E-state index is 0.0210. The number of ether oxygens (including phenoxy) is 1. The molecule has 0 bridgehead atoms. The van der Waals surface area contributed by atoms with Gasteiger partial charge in [0.25, 0.3) is 11.8 Å². The number of carbonyl (C=O) groups is 3. The molecule has 1 aromatic carbocycles. The normalized spacial score (nSPS) is 27.0. The molecule has 4 atom stereocenters. The molecular weight excluding hydrogens is 448 g/mol. The van der Waals surface area contributed by atoms with Gasteiger partial charge in [-0.15, -0.1) is 0 Å². The monoisotopic (exact) mass is 476 g/mol. The lowest BCUT2D eigenvalue weighted by atomic mass is 9.93. The zero-order chi connectivity index (χ0) is 23.4. The van der Waals surface area contributed by atoms with Gasteiger partial charge in [0.05, 0.1) is 41.6 Å². The van der Waals surface area contributed by atoms with Crippen LogP contribution in [0.25, 0.3) is 0 Å². The number of benzene rings is 1. The fourth-order valence-electron chi connectivity index (χ4n) is 4.48. The van der Waals surface area contributed by atoms with Crippen LogP contribution in [0.4, 0.5) is 0 Å². The van der Waals surface area contributed by atoms with Gasteiger partial charge in [-0.3, -0.25) is 14.5 Å². The minimum atomic E-state index is -3.61. The number of rotatable bonds is 7. The molecule has 2 aliphatic heterocycles. The Bertz CT molecular complexity index is 1090. The molecule has 0 saturated carbocycles. The third-order valence-corrected chi connectivity index (χ3v) is 10.1. The predicted octanol–water partition coefficient (Wildman–Crippen LogP) is 2.27. The van der Waals surface area contributed by atoms with E-state index in [0.717, 1.165) is 4.90 Å². The molecule has 0 aromatic heterocycles. The summed E-state index contributed by atoms with van der Waals surface area (Å²) < 4.78 is 32.8. The average Bonchev–Trinajstić information content (AvgIpc) is 3.42. The van der Waals surface area contributed by atoms with Gasteiger partial charge in [0.2, 0.25) is 10.0 Å². The maximum Gasteiger partial charge on any atom is 0.333 e. The number of nitrogens with zero attached hydrogens (tertiary/aromatic N) is 2. The highest BCUT2D eigenvalue weighted by molar-refractivity contribution is 7.89. The summed E-state index contributed by atoms with van der Waals surface area (Å²) in [6.45, 7) is 8.20. The molecule has 1 saturated heterocycles. The molecule has 0 spiro atoms. The first-order valence-electron chi connectivity index (χ1n) is 10.8. The first-order valence-corrected chi connectivity index (χ1v) is 16.1. The van der Waals surface area contributed by atoms with E-state index in [-0.39, 0.29) is 18.8 Å². The molecule has 32 heavy (non-hydrogen) atoms. The van der Waals surface area contributed by atoms with Crippen LogP contribution in [0.2, 0.25) is 25.7 Å². The van der Waals surface area contributed by atoms with Gasteiger partial charge in [-0.05, 0) is 25.1 Å². The summed E-state index contributed by atoms with van der Waals surface area (Å²) in [6.07, 6.45) is 1.70. The Hall–Kier alpha value is -2.30. The second kappa shape index (κ2) is 7.93. The van der Waals surface area contributed by atoms with Crippen LogP contribution in [-0.4, -0.2) is 74.0 Å². The van der Waals surface area contributed by atoms with Crippen LogP contribution in [0.1, 0.15) is 34.1 Å². The highest BCUT2D eigenvalue weighted by atomic mass is 32.2. The maximum atomic E-state index is 13.2. The lowest BCUT2D eigenvalue weighted by Crippen LogP contribution is -2.46. The third-order valence-electron chi connectivity index (χ3n) is 6.17. The van der Waals surface area contributed by atoms with E-state index in [4.69, 9.17) is 4.74 Å². The van der Waals surface area contributed by atoms with E-state index in [1.54, 1.807) is 37.3 Å². The van der Waals surface area contributed by atoms with Crippen molar-refractivity contribution in [2.75, 3.05) is 12.4 Å². The van der Waals surface area contributed by atoms with E-state index < -0.39 is 54.0 Å². The second-order valence-corrected chi connectivity index (χ2v) is 17.3. The summed E-state index contributed by atoms with van der Waals surface area (Å²) >= 11 is 0. The Balaban J connectivity index is 1.67. The summed E-state index contributed by atoms with van der Waals surface area (Å²) in [5.41, 5.74) is 0.905. The summed E-state index contributed by atoms with van der Waals surface area (Å²) in [4.78, 5) is 39.8. The van der Waals surface area contributed by atoms with Crippen molar-refractivity contribution in [2.45, 2.75) is 57.2 Å². The lowest BCUT2D eigenvalue weighted by Gasteiger charge is -2.28. The van der Waals surface area contributed by atoms with E-state index >= 15 is 0 Å². The number of sulfonamides is 1. The summed E-state index contributed by atoms with van der Waals surface area (Å²) in [5, 5.41) is 0. The Kier molecular flexibility index (Phi) is 5.67. The molecule has 0 N–H and O–H groups in total. The molecule has 1 aromatic rings. The van der Waals surface area contributed by atoms with Crippen molar-refractivity contribution in [3.05, 3.63) is 47.0 Å². The first-order chi connectivity index (χ1) is 15.0. The number of imide groups is 1. The fourth-order valence-corrected chi connectivity index (χ4v) is 9.31. The number of amides is 2. The minimum Gasteiger partial charge on any atom is -0.463 e. The molecule has 2 heterocycles. The Morgan fingerprint density at radius 2 is 1.72 bits per heavy atom. The highest BCUT2D eigenvalue weighted by Crippen LogP contribution is 2.46. The van der Waals surface area contributed by atoms with Crippen LogP contribution in [0, 0.1) is 0 Å². The van der Waals surface area contributed by atoms with Gasteiger partial charge in [-0.2, -0.15) is 4.31 Å². The van der Waals surface area contributed by atoms with E-state index in [2.05, 4.69) is 19.6 Å². The van der Waals surface area contributed by atoms with Crippen LogP contribution < -0.4 is 0 Å². The van der Waals surface area contributed by atoms with Gasteiger partial charge in [0, 0.05) is 20.1 Å². The van der Waals surface area contributed by atoms with Crippen LogP contribution in [0.3, 0.4) is 0 Å². The standard InChI is InChI=1S/C22H28N2O6SSi/c1-5-30-22(27)14-12-17(23-20(25)15-8-6-7-9-16(15)21(23)26)19-18(13-14)24(19)31(28,29)10-11-32(2,3)4/h6-9,13,17-19H,5,10-12H2,1-4H3/t17-,18-,19+,24?/m0/s1. The SMILES string of the molecule is CCOC(=O)C1=C[C@H]2[C@@H]([C@@H](N3C(=O)c4ccccc4C3=O)C1)N2S(=O)(=O)CC[Si](C)(C)C. The van der Waals surface area contributed by atoms with Crippen molar-refractivity contribution in [3.63, 3.8) is 0 Å². The van der Waals surface area contributed by atoms with Crippen LogP contribution in [0.5, 0.6) is 0 Å². The maximum absolute atomic E-state index is 13.2. The van der Waals surface area contributed by atoms with Crippen molar-refractivity contribution in [3.8, 4) is 0 Å². The number of hydrogen-bond acceptors (Lipinski definition) is 6. The molecule has 8 nitrogen and oxygen atoms in total. The van der Waals surface area contributed by atoms with Gasteiger partial charge >= 0.3 is 5.97 Å². The largest absolute Gasteiger partial charge is 0.463 e. The van der Waals surface area contributed by atoms with E-state index in [1.165, 1.54) is 4.31 Å². The molecule has 2 amide bonds. The highest BCUT2D eigenvalue weighted by Gasteiger charge is 2.63. The van der Waals surface area contributed by atoms with Crippen molar-refractivity contribution in [2.24, 2.45) is 0 Å². The van der Waals surface area contributed by atoms with E-state index in [1.807, 2.05) is 0 Å². The lowest BCUT2D eigenvalue weighted by molar-refractivity contribution is -0.138. The molecule has 3 aliphatic rings. The quantitative estimate of drug-likeness (QED) is 0.259. The number of fused-ring (bicyclic) bond motifs is 2. The molecule has 1 aliphatic carbocycles. The predicted molar refractivity (Wildman–Crippen MR) is 121 cm³/mol. The Labute approximate surface area is 189 Å². The Morgan fingerprint density at radius 1 is 1.12 bits per heavy atom. The van der Waals surface area contributed by atoms with Gasteiger partial charge in [-0.25, -0.2) is 13.2 Å². The third kappa shape index (κ3) is 3.95. The Morgan fingerprint density at radius 3 is 2.25 bits per heavy atom. The van der Waals surface area contributed by atoms with E-state index in [0.29, 0.717) is 22.7 Å². The second-order valence-electron chi connectivity index (χ2n) is 9.65. The molecule has 1 unspecified atom stereocenters. The van der Waals surface area contributed by atoms with Gasteiger partial charge in [0.15, 0.2) is 0 Å². The van der Waals surface area contributed by atoms with Gasteiger partial charge in [-0.1, -0.05) is 37.8 Å². The van der Waals surface area contributed by atoms with Crippen LogP contribution >= 0.6 is 0 Å². The number of carbonyl (C=O) groups excluding carboxylic acids is 3. The van der Waals surface area contributed by atoms with E-state index in [9.17, 15) is 22.8 Å². The molecule has 0 radical (unpaired) electrons. The zero-order valence-corrected chi connectivity index (χ0v) is 20.5. The average molecular weight is 477 g/mol. The smallest absolute Gasteiger partial charge is 0.333 e. The summed E-state index contributed by atoms with van der Waals surface area (Å²) in [6, 6.07) is 5.30. The number of hydrogen-bond donors (Lipinski definition) is 0. The summed E-state index contributed by atoms with van der Waals surface area (Å²) in [7, 11) is -5.20. The van der Waals surface area contributed by atoms with Gasteiger partial charge in [0.1, 0.15) is 0 Å². The van der Waals surface area contributed by atoms with Gasteiger partial charge < -0.3 is 4.74 Å². The molecule has 10 heteroatoms. The summed E-state index contributed by atoms with van der Waals surface area (Å²) in [5.74, 6) is -1.43. The van der Waals surface area contributed by atoms with Crippen molar-refractivity contribution >= 4 is 35.9 Å². The van der Waals surface area contributed by atoms with Crippen LogP contribution in [-0.2, 0) is 19.6 Å². The topological polar surface area (TPSA) is 101 Å². The first kappa shape index (κ1) is 22.9. The molecule has 172 valence electrons. The van der Waals surface area contributed by atoms with Crippen molar-refractivity contribution in [1.82, 2.24) is 9.21 Å². The van der Waals surface area contributed by atoms with Crippen molar-refractivity contribution < 1.29 is 27.5 Å². The zero-order valence-electron chi connectivity index (χ0n) is 18.7. The fraction of sp³-hybridized carbons (Fsp3) is 0.500. The molecule has 4 rings (SSSR count). The molecular formula is C22H28N2O6SSi. The van der Waals surface area contributed by atoms with Crippen LogP contribution in [0.15, 0.2) is 35.9 Å². The molecule has 1 fully saturated rings. The van der Waals surface area contributed by atoms with Crippen molar-refractivity contribution in [1.29, 1.82) is 0 Å².